The molecule has 0 aromatic heterocycles. The van der Waals surface area contributed by atoms with E-state index in [0.29, 0.717) is 25.4 Å². The highest BCUT2D eigenvalue weighted by Gasteiger charge is 2.30. The van der Waals surface area contributed by atoms with Crippen molar-refractivity contribution in [2.24, 2.45) is 5.92 Å². The topological polar surface area (TPSA) is 61.4 Å². The van der Waals surface area contributed by atoms with E-state index < -0.39 is 0 Å². The minimum atomic E-state index is -0.0429. The fraction of sp³-hybridized carbons (Fsp3) is 0.857. The van der Waals surface area contributed by atoms with E-state index in [1.165, 1.54) is 0 Å². The molecule has 0 aromatic rings. The summed E-state index contributed by atoms with van der Waals surface area (Å²) in [6, 6.07) is -0.0429. The number of likely N-dealkylation sites (tertiary alicyclic amines) is 1. The van der Waals surface area contributed by atoms with Crippen molar-refractivity contribution in [2.75, 3.05) is 26.2 Å². The third kappa shape index (κ3) is 5.59. The van der Waals surface area contributed by atoms with Crippen LogP contribution in [0.2, 0.25) is 0 Å². The lowest BCUT2D eigenvalue weighted by molar-refractivity contribution is -0.130. The van der Waals surface area contributed by atoms with Gasteiger partial charge in [-0.1, -0.05) is 20.8 Å². The van der Waals surface area contributed by atoms with Crippen LogP contribution in [0.25, 0.3) is 0 Å². The standard InChI is InChI=1S/C14H27N3O2/c1-4-7-15-12-5-8-17(14(12)19)9-6-13(18)16-10-11(2)3/h11-12,15H,4-10H2,1-3H3,(H,16,18). The second-order valence-electron chi connectivity index (χ2n) is 5.57. The Morgan fingerprint density at radius 3 is 2.84 bits per heavy atom. The van der Waals surface area contributed by atoms with E-state index in [2.05, 4.69) is 31.4 Å². The van der Waals surface area contributed by atoms with E-state index in [9.17, 15) is 9.59 Å². The van der Waals surface area contributed by atoms with E-state index in [4.69, 9.17) is 0 Å². The van der Waals surface area contributed by atoms with E-state index in [-0.39, 0.29) is 17.9 Å². The quantitative estimate of drug-likeness (QED) is 0.683. The summed E-state index contributed by atoms with van der Waals surface area (Å²) >= 11 is 0. The van der Waals surface area contributed by atoms with Crippen LogP contribution in [0.4, 0.5) is 0 Å². The lowest BCUT2D eigenvalue weighted by Crippen LogP contribution is -2.40. The molecule has 1 unspecified atom stereocenters. The van der Waals surface area contributed by atoms with E-state index in [0.717, 1.165) is 25.9 Å². The van der Waals surface area contributed by atoms with Gasteiger partial charge in [-0.3, -0.25) is 9.59 Å². The lowest BCUT2D eigenvalue weighted by atomic mass is 10.2. The van der Waals surface area contributed by atoms with Crippen LogP contribution in [0, 0.1) is 5.92 Å². The van der Waals surface area contributed by atoms with Crippen LogP contribution in [0.15, 0.2) is 0 Å². The summed E-state index contributed by atoms with van der Waals surface area (Å²) in [6.45, 7) is 9.09. The van der Waals surface area contributed by atoms with Gasteiger partial charge in [-0.2, -0.15) is 0 Å². The Balaban J connectivity index is 2.23. The van der Waals surface area contributed by atoms with Gasteiger partial charge in [0.25, 0.3) is 0 Å². The van der Waals surface area contributed by atoms with Gasteiger partial charge in [0.15, 0.2) is 0 Å². The normalized spacial score (nSPS) is 19.3. The largest absolute Gasteiger partial charge is 0.356 e. The minimum Gasteiger partial charge on any atom is -0.356 e. The number of hydrogen-bond acceptors (Lipinski definition) is 3. The summed E-state index contributed by atoms with van der Waals surface area (Å²) in [5.41, 5.74) is 0. The van der Waals surface area contributed by atoms with Crippen molar-refractivity contribution >= 4 is 11.8 Å². The van der Waals surface area contributed by atoms with Crippen molar-refractivity contribution in [3.63, 3.8) is 0 Å². The summed E-state index contributed by atoms with van der Waals surface area (Å²) in [5.74, 6) is 0.636. The second kappa shape index (κ2) is 8.15. The molecule has 5 nitrogen and oxygen atoms in total. The number of rotatable bonds is 8. The molecule has 0 radical (unpaired) electrons. The molecular weight excluding hydrogens is 242 g/mol. The SMILES string of the molecule is CCCNC1CCN(CCC(=O)NCC(C)C)C1=O. The van der Waals surface area contributed by atoms with E-state index in [1.807, 2.05) is 0 Å². The van der Waals surface area contributed by atoms with Crippen LogP contribution >= 0.6 is 0 Å². The predicted molar refractivity (Wildman–Crippen MR) is 75.7 cm³/mol. The van der Waals surface area contributed by atoms with Crippen LogP contribution in [0.3, 0.4) is 0 Å². The van der Waals surface area contributed by atoms with E-state index in [1.54, 1.807) is 4.90 Å². The molecule has 0 saturated carbocycles. The van der Waals surface area contributed by atoms with Crippen molar-refractivity contribution in [1.82, 2.24) is 15.5 Å². The van der Waals surface area contributed by atoms with Crippen molar-refractivity contribution in [2.45, 2.75) is 46.1 Å². The second-order valence-corrected chi connectivity index (χ2v) is 5.57. The number of hydrogen-bond donors (Lipinski definition) is 2. The number of nitrogens with zero attached hydrogens (tertiary/aromatic N) is 1. The average Bonchev–Trinajstić information content (AvgIpc) is 2.72. The molecule has 2 N–H and O–H groups in total. The smallest absolute Gasteiger partial charge is 0.239 e. The fourth-order valence-corrected chi connectivity index (χ4v) is 2.11. The Morgan fingerprint density at radius 2 is 2.21 bits per heavy atom. The Hall–Kier alpha value is -1.10. The van der Waals surface area contributed by atoms with Crippen LogP contribution in [-0.4, -0.2) is 48.9 Å². The van der Waals surface area contributed by atoms with Crippen LogP contribution in [0.1, 0.15) is 40.0 Å². The van der Waals surface area contributed by atoms with E-state index >= 15 is 0 Å². The molecule has 0 spiro atoms. The van der Waals surface area contributed by atoms with Gasteiger partial charge in [0, 0.05) is 26.1 Å². The first-order valence-corrected chi connectivity index (χ1v) is 7.33. The fourth-order valence-electron chi connectivity index (χ4n) is 2.11. The molecule has 19 heavy (non-hydrogen) atoms. The van der Waals surface area contributed by atoms with Gasteiger partial charge in [-0.25, -0.2) is 0 Å². The van der Waals surface area contributed by atoms with Gasteiger partial charge in [0.1, 0.15) is 0 Å². The Kier molecular flexibility index (Phi) is 6.84. The van der Waals surface area contributed by atoms with Crippen molar-refractivity contribution < 1.29 is 9.59 Å². The van der Waals surface area contributed by atoms with Gasteiger partial charge in [-0.15, -0.1) is 0 Å². The first-order chi connectivity index (χ1) is 9.04. The summed E-state index contributed by atoms with van der Waals surface area (Å²) in [7, 11) is 0. The summed E-state index contributed by atoms with van der Waals surface area (Å²) in [4.78, 5) is 25.4. The third-order valence-corrected chi connectivity index (χ3v) is 3.25. The van der Waals surface area contributed by atoms with Gasteiger partial charge in [0.05, 0.1) is 6.04 Å². The molecule has 110 valence electrons. The average molecular weight is 269 g/mol. The lowest BCUT2D eigenvalue weighted by Gasteiger charge is -2.17. The van der Waals surface area contributed by atoms with Gasteiger partial charge < -0.3 is 15.5 Å². The first-order valence-electron chi connectivity index (χ1n) is 7.33. The molecule has 1 saturated heterocycles. The molecule has 1 heterocycles. The number of nitrogens with one attached hydrogen (secondary N) is 2. The molecule has 1 atom stereocenters. The van der Waals surface area contributed by atoms with Gasteiger partial charge >= 0.3 is 0 Å². The molecule has 2 amide bonds. The highest BCUT2D eigenvalue weighted by atomic mass is 16.2. The minimum absolute atomic E-state index is 0.0338. The highest BCUT2D eigenvalue weighted by Crippen LogP contribution is 2.11. The zero-order valence-corrected chi connectivity index (χ0v) is 12.4. The first kappa shape index (κ1) is 16.0. The summed E-state index contributed by atoms with van der Waals surface area (Å²) in [6.07, 6.45) is 2.28. The maximum absolute atomic E-state index is 12.0. The Labute approximate surface area is 116 Å². The zero-order valence-electron chi connectivity index (χ0n) is 12.4. The molecular formula is C14H27N3O2. The molecule has 1 aliphatic heterocycles. The molecule has 5 heteroatoms. The van der Waals surface area contributed by atoms with Crippen LogP contribution in [0.5, 0.6) is 0 Å². The molecule has 1 fully saturated rings. The molecule has 1 rings (SSSR count). The summed E-state index contributed by atoms with van der Waals surface area (Å²) < 4.78 is 0. The maximum atomic E-state index is 12.0. The molecule has 0 bridgehead atoms. The Morgan fingerprint density at radius 1 is 1.47 bits per heavy atom. The maximum Gasteiger partial charge on any atom is 0.239 e. The zero-order chi connectivity index (χ0) is 14.3. The number of carbonyl (C=O) groups is 2. The summed E-state index contributed by atoms with van der Waals surface area (Å²) in [5, 5.41) is 6.12. The van der Waals surface area contributed by atoms with Gasteiger partial charge in [0.2, 0.25) is 11.8 Å². The van der Waals surface area contributed by atoms with Crippen LogP contribution in [-0.2, 0) is 9.59 Å². The highest BCUT2D eigenvalue weighted by molar-refractivity contribution is 5.84. The molecule has 1 aliphatic rings. The van der Waals surface area contributed by atoms with Gasteiger partial charge in [-0.05, 0) is 25.3 Å². The number of carbonyl (C=O) groups excluding carboxylic acids is 2. The predicted octanol–water partition coefficient (Wildman–Crippen LogP) is 0.749. The molecule has 0 aromatic carbocycles. The Bertz CT molecular complexity index is 305. The van der Waals surface area contributed by atoms with Crippen molar-refractivity contribution in [1.29, 1.82) is 0 Å². The molecule has 0 aliphatic carbocycles. The van der Waals surface area contributed by atoms with Crippen LogP contribution < -0.4 is 10.6 Å². The number of amides is 2. The van der Waals surface area contributed by atoms with Crippen molar-refractivity contribution in [3.05, 3.63) is 0 Å². The van der Waals surface area contributed by atoms with Crippen molar-refractivity contribution in [3.8, 4) is 0 Å². The monoisotopic (exact) mass is 269 g/mol. The third-order valence-electron chi connectivity index (χ3n) is 3.25.